The van der Waals surface area contributed by atoms with Crippen molar-refractivity contribution in [3.8, 4) is 5.75 Å². The van der Waals surface area contributed by atoms with Crippen LogP contribution in [0.5, 0.6) is 5.75 Å². The van der Waals surface area contributed by atoms with Crippen LogP contribution in [0.3, 0.4) is 0 Å². The maximum atomic E-state index is 14.4. The second kappa shape index (κ2) is 27.7. The van der Waals surface area contributed by atoms with Gasteiger partial charge < -0.3 is 44.6 Å². The molecule has 19 heteroatoms. The van der Waals surface area contributed by atoms with E-state index in [1.807, 2.05) is 34.1 Å². The normalized spacial score (nSPS) is 23.7. The van der Waals surface area contributed by atoms with Crippen molar-refractivity contribution >= 4 is 23.2 Å². The SMILES string of the molecule is C[C@@H]1CN(CC(=O)N2CC(C)(C)c3[nH]c(=O)c(Cc4ccc(F)cc4)cc32)[C@@H](CN2CCO[C@H](CCc3ccc(Cc4ccc(OC[C@@H]5CN(C[C@H]6CN[C@H](C)CN6CC(=O)N6CC(C)(C)c7[nH]c(=O)c(Cc8ccc(F)cc8)cc76)CCO5)cc4)cc3)C2)CN1. The van der Waals surface area contributed by atoms with Gasteiger partial charge in [0.15, 0.2) is 0 Å². The molecule has 8 heterocycles. The van der Waals surface area contributed by atoms with Crippen LogP contribution in [0.15, 0.2) is 119 Å². The number of amides is 2. The Morgan fingerprint density at radius 2 is 0.978 bits per heavy atom. The number of piperazine rings is 2. The van der Waals surface area contributed by atoms with Crippen molar-refractivity contribution in [2.75, 3.05) is 121 Å². The molecule has 0 spiro atoms. The Hall–Kier alpha value is -6.94. The highest BCUT2D eigenvalue weighted by Crippen LogP contribution is 2.41. The Bertz CT molecular complexity index is 3400. The number of aromatic amines is 2. The monoisotopic (exact) mass is 1240 g/mol. The van der Waals surface area contributed by atoms with Crippen molar-refractivity contribution in [2.24, 2.45) is 0 Å². The Balaban J connectivity index is 0.581. The molecule has 0 aliphatic carbocycles. The van der Waals surface area contributed by atoms with Crippen LogP contribution in [0, 0.1) is 11.6 Å². The van der Waals surface area contributed by atoms with Gasteiger partial charge in [-0.15, -0.1) is 0 Å². The third-order valence-electron chi connectivity index (χ3n) is 19.5. The van der Waals surface area contributed by atoms with Gasteiger partial charge in [0.1, 0.15) is 30.1 Å². The molecule has 6 aromatic rings. The smallest absolute Gasteiger partial charge is 0.251 e. The van der Waals surface area contributed by atoms with E-state index in [2.05, 4.69) is 118 Å². The number of fused-ring (bicyclic) bond motifs is 2. The van der Waals surface area contributed by atoms with Crippen LogP contribution in [0.4, 0.5) is 20.2 Å². The molecule has 6 aliphatic rings. The number of nitrogens with one attached hydrogen (secondary N) is 4. The van der Waals surface area contributed by atoms with Crippen molar-refractivity contribution in [3.05, 3.63) is 192 Å². The molecule has 91 heavy (non-hydrogen) atoms. The first-order valence-electron chi connectivity index (χ1n) is 32.8. The molecule has 4 aromatic carbocycles. The van der Waals surface area contributed by atoms with Gasteiger partial charge in [-0.3, -0.25) is 38.8 Å². The lowest BCUT2D eigenvalue weighted by molar-refractivity contribution is -0.121. The summed E-state index contributed by atoms with van der Waals surface area (Å²) < 4.78 is 46.3. The summed E-state index contributed by atoms with van der Waals surface area (Å²) in [4.78, 5) is 74.9. The number of halogens is 2. The Morgan fingerprint density at radius 3 is 1.46 bits per heavy atom. The number of morpholine rings is 2. The Labute approximate surface area is 533 Å². The van der Waals surface area contributed by atoms with Gasteiger partial charge in [0.25, 0.3) is 11.1 Å². The molecule has 6 aliphatic heterocycles. The molecular formula is C72H90F2N10O7. The van der Waals surface area contributed by atoms with Gasteiger partial charge in [-0.05, 0) is 109 Å². The molecule has 0 radical (unpaired) electrons. The van der Waals surface area contributed by atoms with E-state index in [9.17, 15) is 28.0 Å². The first kappa shape index (κ1) is 64.2. The zero-order chi connectivity index (χ0) is 63.6. The summed E-state index contributed by atoms with van der Waals surface area (Å²) in [5.74, 6) is 0.179. The van der Waals surface area contributed by atoms with Crippen LogP contribution in [-0.4, -0.2) is 189 Å². The molecule has 4 saturated heterocycles. The lowest BCUT2D eigenvalue weighted by Crippen LogP contribution is -2.61. The largest absolute Gasteiger partial charge is 0.491 e. The van der Waals surface area contributed by atoms with Crippen LogP contribution in [0.25, 0.3) is 0 Å². The molecule has 12 rings (SSSR count). The van der Waals surface area contributed by atoms with Crippen molar-refractivity contribution < 1.29 is 32.6 Å². The number of anilines is 2. The predicted molar refractivity (Wildman–Crippen MR) is 351 cm³/mol. The van der Waals surface area contributed by atoms with Crippen LogP contribution < -0.4 is 36.3 Å². The second-order valence-corrected chi connectivity index (χ2v) is 27.9. The van der Waals surface area contributed by atoms with Gasteiger partial charge >= 0.3 is 0 Å². The van der Waals surface area contributed by atoms with Crippen molar-refractivity contribution in [1.82, 2.24) is 40.2 Å². The molecular weight excluding hydrogens is 1150 g/mol. The minimum Gasteiger partial charge on any atom is -0.491 e. The lowest BCUT2D eigenvalue weighted by Gasteiger charge is -2.43. The quantitative estimate of drug-likeness (QED) is 0.0630. The van der Waals surface area contributed by atoms with E-state index >= 15 is 0 Å². The van der Waals surface area contributed by atoms with Gasteiger partial charge in [-0.1, -0.05) is 88.4 Å². The molecule has 2 aromatic heterocycles. The van der Waals surface area contributed by atoms with Crippen molar-refractivity contribution in [1.29, 1.82) is 0 Å². The number of benzene rings is 4. The topological polar surface area (TPSA) is 171 Å². The lowest BCUT2D eigenvalue weighted by atomic mass is 9.91. The minimum atomic E-state index is -0.430. The molecule has 2 amide bonds. The maximum absolute atomic E-state index is 14.4. The summed E-state index contributed by atoms with van der Waals surface area (Å²) >= 11 is 0. The molecule has 0 saturated carbocycles. The van der Waals surface area contributed by atoms with Crippen molar-refractivity contribution in [2.45, 2.75) is 121 Å². The molecule has 6 atom stereocenters. The maximum Gasteiger partial charge on any atom is 0.251 e. The molecule has 4 fully saturated rings. The second-order valence-electron chi connectivity index (χ2n) is 27.9. The number of aryl methyl sites for hydroxylation is 1. The molecule has 484 valence electrons. The fourth-order valence-corrected chi connectivity index (χ4v) is 14.4. The van der Waals surface area contributed by atoms with Gasteiger partial charge in [0.05, 0.1) is 43.8 Å². The first-order chi connectivity index (χ1) is 43.7. The predicted octanol–water partition coefficient (Wildman–Crippen LogP) is 6.80. The van der Waals surface area contributed by atoms with E-state index in [0.717, 1.165) is 124 Å². The zero-order valence-corrected chi connectivity index (χ0v) is 53.7. The number of ether oxygens (including phenoxy) is 3. The minimum absolute atomic E-state index is 0.00435. The number of aromatic nitrogens is 2. The number of hydrogen-bond donors (Lipinski definition) is 4. The number of carbonyl (C=O) groups is 2. The van der Waals surface area contributed by atoms with Crippen LogP contribution in [-0.2, 0) is 55.6 Å². The van der Waals surface area contributed by atoms with E-state index < -0.39 is 10.8 Å². The highest BCUT2D eigenvalue weighted by molar-refractivity contribution is 5.98. The molecule has 0 unspecified atom stereocenters. The van der Waals surface area contributed by atoms with E-state index in [1.165, 1.54) is 41.0 Å². The van der Waals surface area contributed by atoms with Gasteiger partial charge in [0.2, 0.25) is 11.8 Å². The van der Waals surface area contributed by atoms with Crippen molar-refractivity contribution in [3.63, 3.8) is 0 Å². The van der Waals surface area contributed by atoms with Gasteiger partial charge in [-0.2, -0.15) is 0 Å². The number of hydrogen-bond acceptors (Lipinski definition) is 13. The Kier molecular flexibility index (Phi) is 19.5. The molecule has 4 N–H and O–H groups in total. The highest BCUT2D eigenvalue weighted by Gasteiger charge is 2.43. The average molecular weight is 1250 g/mol. The summed E-state index contributed by atoms with van der Waals surface area (Å²) in [5, 5.41) is 7.32. The Morgan fingerprint density at radius 1 is 0.560 bits per heavy atom. The van der Waals surface area contributed by atoms with Crippen LogP contribution in [0.1, 0.15) is 98.3 Å². The average Bonchev–Trinajstić information content (AvgIpc) is 1.64. The zero-order valence-electron chi connectivity index (χ0n) is 53.7. The van der Waals surface area contributed by atoms with E-state index in [4.69, 9.17) is 14.2 Å². The summed E-state index contributed by atoms with van der Waals surface area (Å²) in [5.41, 5.74) is 8.29. The first-order valence-corrected chi connectivity index (χ1v) is 32.8. The van der Waals surface area contributed by atoms with E-state index in [1.54, 1.807) is 24.3 Å². The highest BCUT2D eigenvalue weighted by atomic mass is 19.1. The molecule has 17 nitrogen and oxygen atoms in total. The van der Waals surface area contributed by atoms with Gasteiger partial charge in [0, 0.05) is 149 Å². The number of H-pyrrole nitrogens is 2. The number of carbonyl (C=O) groups excluding carboxylic acids is 2. The fraction of sp³-hybridized carbons (Fsp3) is 0.500. The third kappa shape index (κ3) is 15.6. The fourth-order valence-electron chi connectivity index (χ4n) is 14.4. The summed E-state index contributed by atoms with van der Waals surface area (Å²) in [6.07, 6.45) is 3.34. The van der Waals surface area contributed by atoms with Crippen LogP contribution >= 0.6 is 0 Å². The van der Waals surface area contributed by atoms with Crippen LogP contribution in [0.2, 0.25) is 0 Å². The van der Waals surface area contributed by atoms with E-state index in [0.29, 0.717) is 56.9 Å². The summed E-state index contributed by atoms with van der Waals surface area (Å²) in [6.45, 7) is 23.6. The van der Waals surface area contributed by atoms with E-state index in [-0.39, 0.29) is 84.0 Å². The number of nitrogens with zero attached hydrogens (tertiary/aromatic N) is 6. The molecule has 0 bridgehead atoms. The number of pyridine rings is 2. The third-order valence-corrected chi connectivity index (χ3v) is 19.5. The number of rotatable bonds is 20. The summed E-state index contributed by atoms with van der Waals surface area (Å²) in [7, 11) is 0. The van der Waals surface area contributed by atoms with Gasteiger partial charge in [-0.25, -0.2) is 8.78 Å². The summed E-state index contributed by atoms with van der Waals surface area (Å²) in [6, 6.07) is 34.1. The standard InChI is InChI=1S/C72H90F2N10O7/c1-47-36-81(42-65(85)83-45-71(3,4)67-63(83)32-54(69(87)77-67)30-52-11-18-56(73)19-12-52)58(34-75-47)38-79-25-27-89-61(40-79)24-15-49-7-9-50(10-8-49)29-51-16-22-60(23-17-51)91-44-62-41-80(26-28-90-62)39-59-35-76-48(2)37-82(59)43-66(86)84-46-72(5,6)68-64(84)33-55(70(88)78-68)31-53-13-20-57(74)21-14-53/h7-14,16-23,32-33,47-48,58-59,61-62,75-76H,15,24-31,34-46H2,1-6H3,(H,77,87)(H,78,88)/t47-,48-,58-,59-,61-,62+/m1/s1.